The molecule has 0 aliphatic carbocycles. The molecule has 0 bridgehead atoms. The molecule has 1 aromatic carbocycles. The zero-order chi connectivity index (χ0) is 13.5. The first-order valence-corrected chi connectivity index (χ1v) is 6.67. The molecule has 0 saturated carbocycles. The molecule has 1 nitrogen and oxygen atoms in total. The third kappa shape index (κ3) is 3.25. The Kier molecular flexibility index (Phi) is 5.70. The van der Waals surface area contributed by atoms with Crippen molar-refractivity contribution >= 4 is 5.57 Å². The van der Waals surface area contributed by atoms with Gasteiger partial charge in [0.1, 0.15) is 5.75 Å². The van der Waals surface area contributed by atoms with Crippen LogP contribution in [0, 0.1) is 0 Å². The van der Waals surface area contributed by atoms with Gasteiger partial charge in [-0.15, -0.1) is 0 Å². The van der Waals surface area contributed by atoms with E-state index in [1.165, 1.54) is 16.7 Å². The summed E-state index contributed by atoms with van der Waals surface area (Å²) in [6, 6.07) is 6.36. The van der Waals surface area contributed by atoms with E-state index in [0.717, 1.165) is 18.6 Å². The van der Waals surface area contributed by atoms with Crippen molar-refractivity contribution in [2.24, 2.45) is 0 Å². The van der Waals surface area contributed by atoms with Gasteiger partial charge in [0.15, 0.2) is 0 Å². The normalized spacial score (nSPS) is 13.2. The minimum Gasteiger partial charge on any atom is -0.497 e. The van der Waals surface area contributed by atoms with Gasteiger partial charge in [-0.2, -0.15) is 0 Å². The van der Waals surface area contributed by atoms with E-state index < -0.39 is 0 Å². The zero-order valence-corrected chi connectivity index (χ0v) is 12.0. The maximum Gasteiger partial charge on any atom is 0.119 e. The van der Waals surface area contributed by atoms with Gasteiger partial charge in [-0.3, -0.25) is 0 Å². The van der Waals surface area contributed by atoms with E-state index in [1.807, 2.05) is 12.1 Å². The molecule has 0 fully saturated rings. The second-order valence-electron chi connectivity index (χ2n) is 4.54. The Morgan fingerprint density at radius 1 is 1.39 bits per heavy atom. The van der Waals surface area contributed by atoms with Crippen LogP contribution in [0.3, 0.4) is 0 Å². The molecule has 0 aromatic heterocycles. The van der Waals surface area contributed by atoms with Gasteiger partial charge in [0, 0.05) is 0 Å². The molecular weight excluding hydrogens is 220 g/mol. The Morgan fingerprint density at radius 2 is 2.11 bits per heavy atom. The molecule has 0 aliphatic rings. The van der Waals surface area contributed by atoms with Gasteiger partial charge in [0.05, 0.1) is 7.11 Å². The van der Waals surface area contributed by atoms with Crippen LogP contribution in [0.5, 0.6) is 5.75 Å². The molecule has 0 radical (unpaired) electrons. The minimum absolute atomic E-state index is 0.537. The highest BCUT2D eigenvalue weighted by Crippen LogP contribution is 2.32. The summed E-state index contributed by atoms with van der Waals surface area (Å²) in [4.78, 5) is 0. The van der Waals surface area contributed by atoms with E-state index in [1.54, 1.807) is 7.11 Å². The first kappa shape index (κ1) is 14.6. The van der Waals surface area contributed by atoms with Gasteiger partial charge in [-0.25, -0.2) is 0 Å². The number of hydrogen-bond acceptors (Lipinski definition) is 1. The lowest BCUT2D eigenvalue weighted by atomic mass is 9.88. The molecule has 1 heteroatoms. The number of benzene rings is 1. The summed E-state index contributed by atoms with van der Waals surface area (Å²) >= 11 is 0. The number of rotatable bonds is 6. The molecule has 0 heterocycles. The van der Waals surface area contributed by atoms with Crippen molar-refractivity contribution in [3.63, 3.8) is 0 Å². The van der Waals surface area contributed by atoms with Gasteiger partial charge in [0.25, 0.3) is 0 Å². The molecule has 1 rings (SSSR count). The summed E-state index contributed by atoms with van der Waals surface area (Å²) in [5, 5.41) is 0. The molecule has 1 unspecified atom stereocenters. The molecule has 98 valence electrons. The number of methoxy groups -OCH3 is 1. The zero-order valence-electron chi connectivity index (χ0n) is 12.0. The highest BCUT2D eigenvalue weighted by molar-refractivity contribution is 5.70. The largest absolute Gasteiger partial charge is 0.497 e. The molecule has 0 N–H and O–H groups in total. The topological polar surface area (TPSA) is 9.23 Å². The summed E-state index contributed by atoms with van der Waals surface area (Å²) in [5.74, 6) is 1.47. The predicted molar refractivity (Wildman–Crippen MR) is 80.2 cm³/mol. The Labute approximate surface area is 111 Å². The van der Waals surface area contributed by atoms with Crippen molar-refractivity contribution in [2.75, 3.05) is 7.11 Å². The van der Waals surface area contributed by atoms with E-state index in [0.29, 0.717) is 5.92 Å². The van der Waals surface area contributed by atoms with Crippen LogP contribution in [0.2, 0.25) is 0 Å². The second kappa shape index (κ2) is 7.05. The number of allylic oxidation sites excluding steroid dienone is 3. The predicted octanol–water partition coefficient (Wildman–Crippen LogP) is 5.19. The quantitative estimate of drug-likeness (QED) is 0.626. The molecule has 0 spiro atoms. The summed E-state index contributed by atoms with van der Waals surface area (Å²) in [5.41, 5.74) is 4.03. The molecule has 1 atom stereocenters. The smallest absolute Gasteiger partial charge is 0.119 e. The second-order valence-corrected chi connectivity index (χ2v) is 4.54. The van der Waals surface area contributed by atoms with Crippen LogP contribution in [0.1, 0.15) is 50.7 Å². The highest BCUT2D eigenvalue weighted by Gasteiger charge is 2.12. The van der Waals surface area contributed by atoms with Crippen LogP contribution in [0.25, 0.3) is 5.57 Å². The lowest BCUT2D eigenvalue weighted by Gasteiger charge is -2.18. The van der Waals surface area contributed by atoms with Crippen LogP contribution in [-0.2, 0) is 0 Å². The average Bonchev–Trinajstić information content (AvgIpc) is 2.43. The summed E-state index contributed by atoms with van der Waals surface area (Å²) in [7, 11) is 1.72. The maximum atomic E-state index is 5.34. The summed E-state index contributed by atoms with van der Waals surface area (Å²) in [6.07, 6.45) is 6.12. The van der Waals surface area contributed by atoms with Crippen molar-refractivity contribution in [1.29, 1.82) is 0 Å². The standard InChI is InChI=1S/C17H24O/c1-6-9-14(8-3)16-11-10-15(18-5)12-17(16)13(4)7-2/h6,9-13H,1,7-8H2,2-5H3/b14-9-. The van der Waals surface area contributed by atoms with Crippen LogP contribution < -0.4 is 4.74 Å². The van der Waals surface area contributed by atoms with Crippen molar-refractivity contribution in [2.45, 2.75) is 39.5 Å². The van der Waals surface area contributed by atoms with E-state index in [4.69, 9.17) is 4.74 Å². The Bertz CT molecular complexity index is 429. The molecule has 0 saturated heterocycles. The van der Waals surface area contributed by atoms with Crippen molar-refractivity contribution in [3.05, 3.63) is 48.1 Å². The van der Waals surface area contributed by atoms with Crippen molar-refractivity contribution in [1.82, 2.24) is 0 Å². The summed E-state index contributed by atoms with van der Waals surface area (Å²) in [6.45, 7) is 10.5. The number of ether oxygens (including phenoxy) is 1. The Hall–Kier alpha value is -1.50. The summed E-state index contributed by atoms with van der Waals surface area (Å²) < 4.78 is 5.34. The number of hydrogen-bond donors (Lipinski definition) is 0. The van der Waals surface area contributed by atoms with E-state index >= 15 is 0 Å². The Morgan fingerprint density at radius 3 is 2.61 bits per heavy atom. The van der Waals surface area contributed by atoms with Crippen molar-refractivity contribution < 1.29 is 4.74 Å². The maximum absolute atomic E-state index is 5.34. The molecule has 0 amide bonds. The van der Waals surface area contributed by atoms with Gasteiger partial charge in [-0.1, -0.05) is 45.6 Å². The van der Waals surface area contributed by atoms with Crippen LogP contribution in [-0.4, -0.2) is 7.11 Å². The Balaban J connectivity index is 3.33. The average molecular weight is 244 g/mol. The van der Waals surface area contributed by atoms with Crippen LogP contribution >= 0.6 is 0 Å². The van der Waals surface area contributed by atoms with E-state index in [2.05, 4.69) is 45.6 Å². The first-order valence-electron chi connectivity index (χ1n) is 6.67. The van der Waals surface area contributed by atoms with Gasteiger partial charge >= 0.3 is 0 Å². The fraction of sp³-hybridized carbons (Fsp3) is 0.412. The van der Waals surface area contributed by atoms with Crippen LogP contribution in [0.15, 0.2) is 36.9 Å². The third-order valence-electron chi connectivity index (χ3n) is 3.45. The lowest BCUT2D eigenvalue weighted by molar-refractivity contribution is 0.413. The van der Waals surface area contributed by atoms with E-state index in [-0.39, 0.29) is 0 Å². The monoisotopic (exact) mass is 244 g/mol. The molecular formula is C17H24O. The SMILES string of the molecule is C=C/C=C(/CC)c1ccc(OC)cc1C(C)CC. The van der Waals surface area contributed by atoms with Crippen molar-refractivity contribution in [3.8, 4) is 5.75 Å². The van der Waals surface area contributed by atoms with Gasteiger partial charge in [0.2, 0.25) is 0 Å². The van der Waals surface area contributed by atoms with E-state index in [9.17, 15) is 0 Å². The first-order chi connectivity index (χ1) is 8.67. The van der Waals surface area contributed by atoms with Gasteiger partial charge in [-0.05, 0) is 47.6 Å². The minimum atomic E-state index is 0.537. The third-order valence-corrected chi connectivity index (χ3v) is 3.45. The molecule has 18 heavy (non-hydrogen) atoms. The molecule has 0 aliphatic heterocycles. The van der Waals surface area contributed by atoms with Gasteiger partial charge < -0.3 is 4.74 Å². The lowest BCUT2D eigenvalue weighted by Crippen LogP contribution is -1.99. The molecule has 1 aromatic rings. The van der Waals surface area contributed by atoms with Crippen LogP contribution in [0.4, 0.5) is 0 Å². The fourth-order valence-corrected chi connectivity index (χ4v) is 2.13. The highest BCUT2D eigenvalue weighted by atomic mass is 16.5. The fourth-order valence-electron chi connectivity index (χ4n) is 2.13.